The third kappa shape index (κ3) is 2.86. The second-order valence-electron chi connectivity index (χ2n) is 3.36. The Balaban J connectivity index is 2.70. The molecule has 0 radical (unpaired) electrons. The molecule has 0 aromatic heterocycles. The lowest BCUT2D eigenvalue weighted by Gasteiger charge is -2.09. The number of benzene rings is 1. The van der Waals surface area contributed by atoms with E-state index in [-0.39, 0.29) is 11.5 Å². The van der Waals surface area contributed by atoms with Crippen molar-refractivity contribution in [3.8, 4) is 17.2 Å². The maximum atomic E-state index is 9.31. The van der Waals surface area contributed by atoms with E-state index in [0.29, 0.717) is 18.3 Å². The fourth-order valence-electron chi connectivity index (χ4n) is 0.875. The van der Waals surface area contributed by atoms with Gasteiger partial charge in [0.05, 0.1) is 6.61 Å². The number of hydrogen-bond donors (Lipinski definition) is 2. The molecule has 1 aromatic carbocycles. The van der Waals surface area contributed by atoms with Crippen molar-refractivity contribution in [3.05, 3.63) is 18.2 Å². The maximum absolute atomic E-state index is 9.31. The summed E-state index contributed by atoms with van der Waals surface area (Å²) in [5.74, 6) is 0.866. The van der Waals surface area contributed by atoms with Gasteiger partial charge in [0, 0.05) is 6.07 Å². The molecule has 0 saturated carbocycles. The Morgan fingerprint density at radius 3 is 2.62 bits per heavy atom. The van der Waals surface area contributed by atoms with Gasteiger partial charge in [-0.05, 0) is 18.1 Å². The number of aromatic hydroxyl groups is 2. The molecule has 1 rings (SSSR count). The van der Waals surface area contributed by atoms with Crippen LogP contribution in [0.1, 0.15) is 13.8 Å². The van der Waals surface area contributed by atoms with E-state index in [4.69, 9.17) is 9.84 Å². The zero-order valence-corrected chi connectivity index (χ0v) is 7.82. The highest BCUT2D eigenvalue weighted by Crippen LogP contribution is 2.29. The van der Waals surface area contributed by atoms with E-state index >= 15 is 0 Å². The number of ether oxygens (including phenoxy) is 1. The lowest BCUT2D eigenvalue weighted by atomic mass is 10.2. The maximum Gasteiger partial charge on any atom is 0.164 e. The molecule has 72 valence electrons. The normalized spacial score (nSPS) is 10.4. The Hall–Kier alpha value is -1.38. The van der Waals surface area contributed by atoms with Crippen molar-refractivity contribution in [3.63, 3.8) is 0 Å². The minimum atomic E-state index is 0.0541. The quantitative estimate of drug-likeness (QED) is 0.704. The van der Waals surface area contributed by atoms with E-state index in [0.717, 1.165) is 0 Å². The van der Waals surface area contributed by atoms with E-state index in [1.54, 1.807) is 0 Å². The van der Waals surface area contributed by atoms with Crippen LogP contribution in [0.5, 0.6) is 17.2 Å². The molecule has 13 heavy (non-hydrogen) atoms. The summed E-state index contributed by atoms with van der Waals surface area (Å²) in [5, 5.41) is 18.4. The second kappa shape index (κ2) is 4.03. The summed E-state index contributed by atoms with van der Waals surface area (Å²) in [7, 11) is 0. The minimum Gasteiger partial charge on any atom is -0.508 e. The van der Waals surface area contributed by atoms with Crippen LogP contribution in [0.3, 0.4) is 0 Å². The van der Waals surface area contributed by atoms with Crippen molar-refractivity contribution < 1.29 is 14.9 Å². The van der Waals surface area contributed by atoms with Crippen LogP contribution in [0.2, 0.25) is 0 Å². The third-order valence-electron chi connectivity index (χ3n) is 1.52. The first-order valence-electron chi connectivity index (χ1n) is 4.24. The average Bonchev–Trinajstić information content (AvgIpc) is 2.06. The summed E-state index contributed by atoms with van der Waals surface area (Å²) in [5.41, 5.74) is 0. The van der Waals surface area contributed by atoms with E-state index < -0.39 is 0 Å². The van der Waals surface area contributed by atoms with Gasteiger partial charge in [-0.3, -0.25) is 0 Å². The molecule has 0 aliphatic rings. The molecular weight excluding hydrogens is 168 g/mol. The molecule has 0 heterocycles. The van der Waals surface area contributed by atoms with Crippen molar-refractivity contribution in [2.45, 2.75) is 13.8 Å². The number of rotatable bonds is 3. The Bertz CT molecular complexity index is 281. The monoisotopic (exact) mass is 182 g/mol. The fraction of sp³-hybridized carbons (Fsp3) is 0.400. The van der Waals surface area contributed by atoms with E-state index in [1.165, 1.54) is 18.2 Å². The smallest absolute Gasteiger partial charge is 0.164 e. The Kier molecular flexibility index (Phi) is 3.01. The number of phenolic OH excluding ortho intramolecular Hbond substituents is 2. The zero-order valence-electron chi connectivity index (χ0n) is 7.82. The van der Waals surface area contributed by atoms with Crippen LogP contribution in [0.15, 0.2) is 18.2 Å². The van der Waals surface area contributed by atoms with Crippen molar-refractivity contribution in [2.24, 2.45) is 5.92 Å². The van der Waals surface area contributed by atoms with Crippen molar-refractivity contribution in [1.82, 2.24) is 0 Å². The van der Waals surface area contributed by atoms with Gasteiger partial charge in [0.2, 0.25) is 0 Å². The van der Waals surface area contributed by atoms with Crippen LogP contribution in [-0.2, 0) is 0 Å². The third-order valence-corrected chi connectivity index (χ3v) is 1.52. The summed E-state index contributed by atoms with van der Waals surface area (Å²) < 4.78 is 5.27. The van der Waals surface area contributed by atoms with Gasteiger partial charge in [0.15, 0.2) is 11.5 Å². The molecule has 3 nitrogen and oxygen atoms in total. The molecule has 0 spiro atoms. The van der Waals surface area contributed by atoms with Crippen LogP contribution >= 0.6 is 0 Å². The van der Waals surface area contributed by atoms with Crippen LogP contribution in [0.25, 0.3) is 0 Å². The van der Waals surface area contributed by atoms with E-state index in [1.807, 2.05) is 13.8 Å². The Labute approximate surface area is 77.6 Å². The van der Waals surface area contributed by atoms with E-state index in [2.05, 4.69) is 0 Å². The van der Waals surface area contributed by atoms with Gasteiger partial charge >= 0.3 is 0 Å². The molecule has 0 fully saturated rings. The lowest BCUT2D eigenvalue weighted by Crippen LogP contribution is -2.04. The molecule has 1 aromatic rings. The second-order valence-corrected chi connectivity index (χ2v) is 3.36. The summed E-state index contributed by atoms with van der Waals surface area (Å²) in [6.07, 6.45) is 0. The molecule has 0 unspecified atom stereocenters. The molecule has 0 saturated heterocycles. The Morgan fingerprint density at radius 2 is 2.00 bits per heavy atom. The van der Waals surface area contributed by atoms with Gasteiger partial charge in [-0.25, -0.2) is 0 Å². The van der Waals surface area contributed by atoms with Gasteiger partial charge < -0.3 is 14.9 Å². The van der Waals surface area contributed by atoms with Gasteiger partial charge in [0.25, 0.3) is 0 Å². The standard InChI is InChI=1S/C10H14O3/c1-7(2)6-13-10-5-8(11)3-4-9(10)12/h3-5,7,11-12H,6H2,1-2H3. The van der Waals surface area contributed by atoms with E-state index in [9.17, 15) is 5.11 Å². The van der Waals surface area contributed by atoms with Crippen LogP contribution in [0, 0.1) is 5.92 Å². The number of hydrogen-bond acceptors (Lipinski definition) is 3. The molecular formula is C10H14O3. The SMILES string of the molecule is CC(C)COc1cc(O)ccc1O. The predicted molar refractivity (Wildman–Crippen MR) is 50.1 cm³/mol. The van der Waals surface area contributed by atoms with Crippen molar-refractivity contribution in [1.29, 1.82) is 0 Å². The molecule has 0 atom stereocenters. The first-order valence-corrected chi connectivity index (χ1v) is 4.24. The van der Waals surface area contributed by atoms with Crippen molar-refractivity contribution in [2.75, 3.05) is 6.61 Å². The lowest BCUT2D eigenvalue weighted by molar-refractivity contribution is 0.258. The minimum absolute atomic E-state index is 0.0541. The largest absolute Gasteiger partial charge is 0.508 e. The zero-order chi connectivity index (χ0) is 9.84. The molecule has 2 N–H and O–H groups in total. The summed E-state index contributed by atoms with van der Waals surface area (Å²) in [6, 6.07) is 4.22. The van der Waals surface area contributed by atoms with Gasteiger partial charge in [-0.15, -0.1) is 0 Å². The highest BCUT2D eigenvalue weighted by Gasteiger charge is 2.04. The number of phenols is 2. The Morgan fingerprint density at radius 1 is 1.31 bits per heavy atom. The fourth-order valence-corrected chi connectivity index (χ4v) is 0.875. The molecule has 0 amide bonds. The molecule has 3 heteroatoms. The topological polar surface area (TPSA) is 49.7 Å². The van der Waals surface area contributed by atoms with Gasteiger partial charge in [0.1, 0.15) is 5.75 Å². The highest BCUT2D eigenvalue weighted by molar-refractivity contribution is 5.43. The summed E-state index contributed by atoms with van der Waals surface area (Å²) >= 11 is 0. The van der Waals surface area contributed by atoms with Gasteiger partial charge in [-0.1, -0.05) is 13.8 Å². The van der Waals surface area contributed by atoms with Gasteiger partial charge in [-0.2, -0.15) is 0 Å². The van der Waals surface area contributed by atoms with Crippen LogP contribution < -0.4 is 4.74 Å². The summed E-state index contributed by atoms with van der Waals surface area (Å²) in [4.78, 5) is 0. The average molecular weight is 182 g/mol. The van der Waals surface area contributed by atoms with Crippen LogP contribution in [0.4, 0.5) is 0 Å². The first kappa shape index (κ1) is 9.71. The predicted octanol–water partition coefficient (Wildman–Crippen LogP) is 2.13. The first-order chi connectivity index (χ1) is 6.09. The molecule has 0 aliphatic heterocycles. The molecule has 0 aliphatic carbocycles. The molecule has 0 bridgehead atoms. The summed E-state index contributed by atoms with van der Waals surface area (Å²) in [6.45, 7) is 4.55. The highest BCUT2D eigenvalue weighted by atomic mass is 16.5. The van der Waals surface area contributed by atoms with Crippen molar-refractivity contribution >= 4 is 0 Å². The van der Waals surface area contributed by atoms with Crippen LogP contribution in [-0.4, -0.2) is 16.8 Å².